The Hall–Kier alpha value is -2.21. The minimum atomic E-state index is -0.0956. The van der Waals surface area contributed by atoms with E-state index in [4.69, 9.17) is 14.2 Å². The third-order valence-electron chi connectivity index (χ3n) is 3.74. The minimum Gasteiger partial charge on any atom is -0.497 e. The van der Waals surface area contributed by atoms with E-state index in [9.17, 15) is 4.79 Å². The van der Waals surface area contributed by atoms with Gasteiger partial charge >= 0.3 is 0 Å². The van der Waals surface area contributed by atoms with Crippen LogP contribution in [-0.2, 0) is 4.74 Å². The first-order valence-corrected chi connectivity index (χ1v) is 7.02. The second-order valence-corrected chi connectivity index (χ2v) is 5.20. The first kappa shape index (κ1) is 16.2. The van der Waals surface area contributed by atoms with Crippen molar-refractivity contribution >= 4 is 16.8 Å². The summed E-state index contributed by atoms with van der Waals surface area (Å²) in [4.78, 5) is 17.3. The van der Waals surface area contributed by atoms with E-state index in [1.165, 1.54) is 0 Å². The number of nitrogens with zero attached hydrogens (tertiary/aromatic N) is 1. The van der Waals surface area contributed by atoms with Crippen molar-refractivity contribution in [2.75, 3.05) is 35.0 Å². The Kier molecular flexibility index (Phi) is 4.92. The largest absolute Gasteiger partial charge is 0.497 e. The molecule has 0 spiro atoms. The summed E-state index contributed by atoms with van der Waals surface area (Å²) < 4.78 is 15.7. The molecule has 1 heterocycles. The van der Waals surface area contributed by atoms with Gasteiger partial charge in [-0.25, -0.2) is 0 Å². The number of carbonyl (C=O) groups excluding carboxylic acids is 1. The number of methoxy groups -OCH3 is 3. The second-order valence-electron chi connectivity index (χ2n) is 5.20. The Morgan fingerprint density at radius 1 is 1.23 bits per heavy atom. The molecule has 0 unspecified atom stereocenters. The molecule has 22 heavy (non-hydrogen) atoms. The second kappa shape index (κ2) is 6.70. The van der Waals surface area contributed by atoms with E-state index in [2.05, 4.69) is 4.98 Å². The summed E-state index contributed by atoms with van der Waals surface area (Å²) in [6, 6.07) is 5.44. The first-order valence-electron chi connectivity index (χ1n) is 7.02. The van der Waals surface area contributed by atoms with Gasteiger partial charge in [0.15, 0.2) is 0 Å². The van der Waals surface area contributed by atoms with Crippen molar-refractivity contribution < 1.29 is 19.0 Å². The maximum atomic E-state index is 12.6. The molecule has 1 amide bonds. The summed E-state index contributed by atoms with van der Waals surface area (Å²) in [5.41, 5.74) is 1.28. The number of rotatable bonds is 6. The van der Waals surface area contributed by atoms with E-state index in [0.29, 0.717) is 23.8 Å². The van der Waals surface area contributed by atoms with Crippen molar-refractivity contribution in [3.63, 3.8) is 0 Å². The number of amides is 1. The van der Waals surface area contributed by atoms with Gasteiger partial charge in [-0.1, -0.05) is 0 Å². The molecule has 120 valence electrons. The van der Waals surface area contributed by atoms with Crippen molar-refractivity contribution in [1.29, 1.82) is 0 Å². The van der Waals surface area contributed by atoms with E-state index in [1.807, 2.05) is 13.0 Å². The highest BCUT2D eigenvalue weighted by molar-refractivity contribution is 5.99. The van der Waals surface area contributed by atoms with Crippen LogP contribution in [0.5, 0.6) is 11.5 Å². The predicted molar refractivity (Wildman–Crippen MR) is 84.8 cm³/mol. The fourth-order valence-electron chi connectivity index (χ4n) is 2.32. The molecule has 0 saturated heterocycles. The van der Waals surface area contributed by atoms with Crippen LogP contribution in [0, 0.1) is 0 Å². The molecule has 2 aromatic rings. The number of hydrogen-bond acceptors (Lipinski definition) is 4. The van der Waals surface area contributed by atoms with E-state index < -0.39 is 0 Å². The van der Waals surface area contributed by atoms with Gasteiger partial charge < -0.3 is 24.1 Å². The molecule has 2 rings (SSSR count). The van der Waals surface area contributed by atoms with Gasteiger partial charge in [0.1, 0.15) is 17.2 Å². The molecule has 0 aliphatic heterocycles. The van der Waals surface area contributed by atoms with E-state index in [1.54, 1.807) is 45.4 Å². The summed E-state index contributed by atoms with van der Waals surface area (Å²) in [6.07, 6.45) is 0. The van der Waals surface area contributed by atoms with Crippen LogP contribution in [0.3, 0.4) is 0 Å². The molecule has 1 aromatic heterocycles. The quantitative estimate of drug-likeness (QED) is 0.889. The maximum absolute atomic E-state index is 12.6. The highest BCUT2D eigenvalue weighted by atomic mass is 16.5. The molecule has 0 aliphatic carbocycles. The van der Waals surface area contributed by atoms with Crippen molar-refractivity contribution in [2.24, 2.45) is 0 Å². The van der Waals surface area contributed by atoms with Crippen molar-refractivity contribution in [3.8, 4) is 11.5 Å². The average Bonchev–Trinajstić information content (AvgIpc) is 2.96. The molecule has 0 bridgehead atoms. The SMILES string of the molecule is COC[C@@H](C)N(C)C(=O)c1cc2cc(OC)cc(OC)c2[nH]1. The first-order chi connectivity index (χ1) is 10.5. The Bertz CT molecular complexity index is 665. The summed E-state index contributed by atoms with van der Waals surface area (Å²) >= 11 is 0. The summed E-state index contributed by atoms with van der Waals surface area (Å²) in [6.45, 7) is 2.42. The zero-order valence-corrected chi connectivity index (χ0v) is 13.6. The number of carbonyl (C=O) groups is 1. The average molecular weight is 306 g/mol. The van der Waals surface area contributed by atoms with E-state index in [-0.39, 0.29) is 11.9 Å². The maximum Gasteiger partial charge on any atom is 0.270 e. The number of aromatic amines is 1. The zero-order valence-electron chi connectivity index (χ0n) is 13.6. The Balaban J connectivity index is 2.38. The van der Waals surface area contributed by atoms with Gasteiger partial charge in [0.25, 0.3) is 5.91 Å². The van der Waals surface area contributed by atoms with Gasteiger partial charge in [-0.3, -0.25) is 4.79 Å². The van der Waals surface area contributed by atoms with Crippen LogP contribution in [0.4, 0.5) is 0 Å². The molecule has 6 heteroatoms. The molecule has 0 aliphatic rings. The van der Waals surface area contributed by atoms with Gasteiger partial charge in [0, 0.05) is 25.6 Å². The predicted octanol–water partition coefficient (Wildman–Crippen LogP) is 2.29. The Labute approximate surface area is 130 Å². The standard InChI is InChI=1S/C16H22N2O4/c1-10(9-20-3)18(2)16(19)13-7-11-6-12(21-4)8-14(22-5)15(11)17-13/h6-8,10,17H,9H2,1-5H3/t10-/m1/s1. The molecule has 0 saturated carbocycles. The lowest BCUT2D eigenvalue weighted by atomic mass is 10.2. The number of H-pyrrole nitrogens is 1. The van der Waals surface area contributed by atoms with Crippen LogP contribution in [0.25, 0.3) is 10.9 Å². The number of hydrogen-bond donors (Lipinski definition) is 1. The van der Waals surface area contributed by atoms with E-state index >= 15 is 0 Å². The molecule has 0 fully saturated rings. The summed E-state index contributed by atoms with van der Waals surface area (Å²) in [5.74, 6) is 1.23. The smallest absolute Gasteiger partial charge is 0.270 e. The van der Waals surface area contributed by atoms with Crippen molar-refractivity contribution in [2.45, 2.75) is 13.0 Å². The normalized spacial score (nSPS) is 12.2. The highest BCUT2D eigenvalue weighted by Gasteiger charge is 2.20. The Morgan fingerprint density at radius 3 is 2.55 bits per heavy atom. The molecular formula is C16H22N2O4. The lowest BCUT2D eigenvalue weighted by Crippen LogP contribution is -2.37. The van der Waals surface area contributed by atoms with Crippen LogP contribution in [-0.4, -0.2) is 56.8 Å². The monoisotopic (exact) mass is 306 g/mol. The number of ether oxygens (including phenoxy) is 3. The van der Waals surface area contributed by atoms with Gasteiger partial charge in [0.05, 0.1) is 32.4 Å². The van der Waals surface area contributed by atoms with Crippen LogP contribution in [0.15, 0.2) is 18.2 Å². The van der Waals surface area contributed by atoms with Gasteiger partial charge in [-0.05, 0) is 19.1 Å². The molecule has 1 aromatic carbocycles. The summed E-state index contributed by atoms with van der Waals surface area (Å²) in [5, 5.41) is 0.868. The van der Waals surface area contributed by atoms with Crippen LogP contribution in [0.2, 0.25) is 0 Å². The number of fused-ring (bicyclic) bond motifs is 1. The zero-order chi connectivity index (χ0) is 16.3. The Morgan fingerprint density at radius 2 is 1.95 bits per heavy atom. The summed E-state index contributed by atoms with van der Waals surface area (Å²) in [7, 11) is 6.56. The van der Waals surface area contributed by atoms with Gasteiger partial charge in [0.2, 0.25) is 0 Å². The van der Waals surface area contributed by atoms with E-state index in [0.717, 1.165) is 10.9 Å². The number of nitrogens with one attached hydrogen (secondary N) is 1. The minimum absolute atomic E-state index is 0.0136. The molecule has 1 N–H and O–H groups in total. The van der Waals surface area contributed by atoms with Crippen molar-refractivity contribution in [1.82, 2.24) is 9.88 Å². The number of aromatic nitrogens is 1. The van der Waals surface area contributed by atoms with Gasteiger partial charge in [-0.15, -0.1) is 0 Å². The van der Waals surface area contributed by atoms with Crippen LogP contribution >= 0.6 is 0 Å². The van der Waals surface area contributed by atoms with Gasteiger partial charge in [-0.2, -0.15) is 0 Å². The fraction of sp³-hybridized carbons (Fsp3) is 0.438. The third kappa shape index (κ3) is 3.01. The highest BCUT2D eigenvalue weighted by Crippen LogP contribution is 2.31. The lowest BCUT2D eigenvalue weighted by molar-refractivity contribution is 0.0629. The molecule has 6 nitrogen and oxygen atoms in total. The third-order valence-corrected chi connectivity index (χ3v) is 3.74. The lowest BCUT2D eigenvalue weighted by Gasteiger charge is -2.23. The molecule has 0 radical (unpaired) electrons. The van der Waals surface area contributed by atoms with Crippen molar-refractivity contribution in [3.05, 3.63) is 23.9 Å². The van der Waals surface area contributed by atoms with Crippen LogP contribution < -0.4 is 9.47 Å². The molecular weight excluding hydrogens is 284 g/mol. The molecule has 1 atom stereocenters. The van der Waals surface area contributed by atoms with Crippen LogP contribution in [0.1, 0.15) is 17.4 Å². The number of benzene rings is 1. The fourth-order valence-corrected chi connectivity index (χ4v) is 2.32. The topological polar surface area (TPSA) is 63.8 Å². The number of likely N-dealkylation sites (N-methyl/N-ethyl adjacent to an activating group) is 1.